The molecule has 1 aromatic carbocycles. The van der Waals surface area contributed by atoms with E-state index >= 15 is 0 Å². The van der Waals surface area contributed by atoms with Crippen LogP contribution in [-0.4, -0.2) is 12.1 Å². The Morgan fingerprint density at radius 1 is 1.38 bits per heavy atom. The number of carbonyl (C=O) groups is 1. The number of amides is 1. The molecule has 0 aliphatic heterocycles. The molecule has 7 heteroatoms. The van der Waals surface area contributed by atoms with Crippen molar-refractivity contribution in [3.05, 3.63) is 46.3 Å². The van der Waals surface area contributed by atoms with Crippen LogP contribution in [0.1, 0.15) is 11.3 Å². The average Bonchev–Trinajstić information content (AvgIpc) is 2.89. The summed E-state index contributed by atoms with van der Waals surface area (Å²) in [7, 11) is 0. The van der Waals surface area contributed by atoms with Crippen molar-refractivity contribution in [2.24, 2.45) is 5.10 Å². The van der Waals surface area contributed by atoms with Crippen LogP contribution in [0.3, 0.4) is 0 Å². The summed E-state index contributed by atoms with van der Waals surface area (Å²) in [5, 5.41) is 12.9. The van der Waals surface area contributed by atoms with Crippen LogP contribution in [-0.2, 0) is 4.79 Å². The Morgan fingerprint density at radius 2 is 2.14 bits per heavy atom. The van der Waals surface area contributed by atoms with E-state index in [9.17, 15) is 4.79 Å². The highest BCUT2D eigenvalue weighted by molar-refractivity contribution is 8.01. The molecular weight excluding hydrogens is 326 g/mol. The standard InChI is InChI=1S/C14H10ClN3OS2/c15-10-1-3-11(4-2-10)20-14-6-5-12(21-14)9-17-18-13(19)7-8-16/h1-6,9H,7H2,(H,18,19)/b17-9-. The van der Waals surface area contributed by atoms with E-state index in [1.165, 1.54) is 0 Å². The van der Waals surface area contributed by atoms with Crippen LogP contribution in [0, 0.1) is 11.3 Å². The number of hydrogen-bond donors (Lipinski definition) is 1. The van der Waals surface area contributed by atoms with Crippen LogP contribution < -0.4 is 5.43 Å². The Kier molecular flexibility index (Phi) is 5.81. The molecule has 0 unspecified atom stereocenters. The van der Waals surface area contributed by atoms with Crippen LogP contribution in [0.2, 0.25) is 5.02 Å². The molecule has 1 aromatic heterocycles. The van der Waals surface area contributed by atoms with Crippen molar-refractivity contribution >= 4 is 46.8 Å². The molecule has 0 aliphatic carbocycles. The highest BCUT2D eigenvalue weighted by Gasteiger charge is 2.02. The number of nitrogens with zero attached hydrogens (tertiary/aromatic N) is 2. The minimum absolute atomic E-state index is 0.195. The van der Waals surface area contributed by atoms with Crippen LogP contribution in [0.4, 0.5) is 0 Å². The Labute approximate surface area is 135 Å². The second kappa shape index (κ2) is 7.84. The maximum Gasteiger partial charge on any atom is 0.254 e. The maximum absolute atomic E-state index is 11.0. The van der Waals surface area contributed by atoms with E-state index < -0.39 is 5.91 Å². The normalized spacial score (nSPS) is 10.5. The Balaban J connectivity index is 1.92. The first-order valence-electron chi connectivity index (χ1n) is 5.89. The molecule has 1 amide bonds. The summed E-state index contributed by atoms with van der Waals surface area (Å²) < 4.78 is 1.11. The Bertz CT molecular complexity index is 689. The molecule has 2 aromatic rings. The van der Waals surface area contributed by atoms with Crippen LogP contribution in [0.25, 0.3) is 0 Å². The molecule has 0 saturated carbocycles. The molecule has 0 bridgehead atoms. The quantitative estimate of drug-likeness (QED) is 0.665. The SMILES string of the molecule is N#CCC(=O)N/N=C\c1ccc(Sc2ccc(Cl)cc2)s1. The third-order valence-corrected chi connectivity index (χ3v) is 4.67. The van der Waals surface area contributed by atoms with Gasteiger partial charge < -0.3 is 0 Å². The summed E-state index contributed by atoms with van der Waals surface area (Å²) in [4.78, 5) is 13.1. The number of rotatable bonds is 5. The van der Waals surface area contributed by atoms with Gasteiger partial charge in [-0.05, 0) is 36.4 Å². The lowest BCUT2D eigenvalue weighted by molar-refractivity contribution is -0.120. The maximum atomic E-state index is 11.0. The molecular formula is C14H10ClN3OS2. The number of nitrogens with one attached hydrogen (secondary N) is 1. The first kappa shape index (κ1) is 15.6. The zero-order valence-corrected chi connectivity index (χ0v) is 13.1. The van der Waals surface area contributed by atoms with E-state index in [0.717, 1.165) is 14.0 Å². The summed E-state index contributed by atoms with van der Waals surface area (Å²) in [6.45, 7) is 0. The minimum Gasteiger partial charge on any atom is -0.272 e. The zero-order chi connectivity index (χ0) is 15.1. The monoisotopic (exact) mass is 335 g/mol. The topological polar surface area (TPSA) is 65.2 Å². The molecule has 0 spiro atoms. The second-order valence-corrected chi connectivity index (χ2v) is 6.77. The van der Waals surface area contributed by atoms with Crippen LogP contribution in [0.5, 0.6) is 0 Å². The van der Waals surface area contributed by atoms with Crippen molar-refractivity contribution in [1.82, 2.24) is 5.43 Å². The highest BCUT2D eigenvalue weighted by atomic mass is 35.5. The van der Waals surface area contributed by atoms with Crippen molar-refractivity contribution in [3.8, 4) is 6.07 Å². The number of carbonyl (C=O) groups excluding carboxylic acids is 1. The molecule has 2 rings (SSSR count). The van der Waals surface area contributed by atoms with Crippen molar-refractivity contribution in [2.45, 2.75) is 15.5 Å². The van der Waals surface area contributed by atoms with Gasteiger partial charge in [-0.15, -0.1) is 11.3 Å². The number of hydrazone groups is 1. The number of hydrogen-bond acceptors (Lipinski definition) is 5. The van der Waals surface area contributed by atoms with Gasteiger partial charge in [-0.25, -0.2) is 5.43 Å². The highest BCUT2D eigenvalue weighted by Crippen LogP contribution is 2.33. The Morgan fingerprint density at radius 3 is 2.86 bits per heavy atom. The molecule has 0 aliphatic rings. The van der Waals surface area contributed by atoms with Gasteiger partial charge in [-0.3, -0.25) is 4.79 Å². The fourth-order valence-corrected chi connectivity index (χ4v) is 3.48. The lowest BCUT2D eigenvalue weighted by Gasteiger charge is -1.97. The largest absolute Gasteiger partial charge is 0.272 e. The van der Waals surface area contributed by atoms with Crippen molar-refractivity contribution in [2.75, 3.05) is 0 Å². The fraction of sp³-hybridized carbons (Fsp3) is 0.0714. The average molecular weight is 336 g/mol. The van der Waals surface area contributed by atoms with Crippen molar-refractivity contribution in [1.29, 1.82) is 5.26 Å². The van der Waals surface area contributed by atoms with E-state index in [0.29, 0.717) is 5.02 Å². The van der Waals surface area contributed by atoms with Gasteiger partial charge >= 0.3 is 0 Å². The van der Waals surface area contributed by atoms with E-state index in [2.05, 4.69) is 10.5 Å². The van der Waals surface area contributed by atoms with E-state index in [1.807, 2.05) is 36.4 Å². The summed E-state index contributed by atoms with van der Waals surface area (Å²) >= 11 is 9.04. The van der Waals surface area contributed by atoms with Gasteiger partial charge in [0.2, 0.25) is 0 Å². The molecule has 21 heavy (non-hydrogen) atoms. The molecule has 0 atom stereocenters. The predicted octanol–water partition coefficient (Wildman–Crippen LogP) is 3.92. The molecule has 106 valence electrons. The molecule has 0 radical (unpaired) electrons. The van der Waals surface area contributed by atoms with Crippen molar-refractivity contribution < 1.29 is 4.79 Å². The third kappa shape index (κ3) is 5.23. The summed E-state index contributed by atoms with van der Waals surface area (Å²) in [5.74, 6) is -0.416. The summed E-state index contributed by atoms with van der Waals surface area (Å²) in [6, 6.07) is 13.3. The number of benzene rings is 1. The van der Waals surface area contributed by atoms with Gasteiger partial charge in [0.05, 0.1) is 16.5 Å². The lowest BCUT2D eigenvalue weighted by atomic mass is 10.4. The molecule has 0 fully saturated rings. The molecule has 4 nitrogen and oxygen atoms in total. The van der Waals surface area contributed by atoms with E-state index in [-0.39, 0.29) is 6.42 Å². The number of nitriles is 1. The van der Waals surface area contributed by atoms with Gasteiger partial charge in [0.15, 0.2) is 0 Å². The molecule has 0 saturated heterocycles. The Hall–Kier alpha value is -1.81. The van der Waals surface area contributed by atoms with Gasteiger partial charge in [-0.2, -0.15) is 10.4 Å². The second-order valence-electron chi connectivity index (χ2n) is 3.84. The molecule has 1 heterocycles. The van der Waals surface area contributed by atoms with Gasteiger partial charge in [0, 0.05) is 14.8 Å². The lowest BCUT2D eigenvalue weighted by Crippen LogP contribution is -2.15. The predicted molar refractivity (Wildman–Crippen MR) is 85.9 cm³/mol. The van der Waals surface area contributed by atoms with Gasteiger partial charge in [0.1, 0.15) is 6.42 Å². The first-order chi connectivity index (χ1) is 10.2. The van der Waals surface area contributed by atoms with Crippen LogP contribution >= 0.6 is 34.7 Å². The van der Waals surface area contributed by atoms with E-state index in [1.54, 1.807) is 35.4 Å². The third-order valence-electron chi connectivity index (χ3n) is 2.25. The fourth-order valence-electron chi connectivity index (χ4n) is 1.36. The first-order valence-corrected chi connectivity index (χ1v) is 7.90. The number of halogens is 1. The summed E-state index contributed by atoms with van der Waals surface area (Å²) in [5.41, 5.74) is 2.29. The minimum atomic E-state index is -0.416. The smallest absolute Gasteiger partial charge is 0.254 e. The van der Waals surface area contributed by atoms with Crippen LogP contribution in [0.15, 0.2) is 50.6 Å². The van der Waals surface area contributed by atoms with Crippen molar-refractivity contribution in [3.63, 3.8) is 0 Å². The number of thiophene rings is 1. The summed E-state index contributed by atoms with van der Waals surface area (Å²) in [6.07, 6.45) is 1.37. The van der Waals surface area contributed by atoms with Gasteiger partial charge in [0.25, 0.3) is 5.91 Å². The van der Waals surface area contributed by atoms with E-state index in [4.69, 9.17) is 16.9 Å². The molecule has 1 N–H and O–H groups in total. The van der Waals surface area contributed by atoms with Gasteiger partial charge in [-0.1, -0.05) is 23.4 Å². The zero-order valence-electron chi connectivity index (χ0n) is 10.7.